The monoisotopic (exact) mass is 442 g/mol. The topological polar surface area (TPSA) is 105 Å². The lowest BCUT2D eigenvalue weighted by Crippen LogP contribution is -2.48. The van der Waals surface area contributed by atoms with E-state index >= 15 is 0 Å². The maximum absolute atomic E-state index is 12.2. The van der Waals surface area contributed by atoms with Crippen LogP contribution < -0.4 is 4.74 Å². The number of benzene rings is 2. The first-order valence-electron chi connectivity index (χ1n) is 10.7. The molecule has 1 aliphatic carbocycles. The Balaban J connectivity index is 1.46. The Labute approximate surface area is 187 Å². The molecule has 7 nitrogen and oxygen atoms in total. The molecule has 3 rings (SSSR count). The molecule has 0 heterocycles. The number of ether oxygens (including phenoxy) is 3. The zero-order valence-electron chi connectivity index (χ0n) is 18.1. The minimum atomic E-state index is -1.15. The van der Waals surface area contributed by atoms with Crippen molar-refractivity contribution in [2.45, 2.75) is 50.1 Å². The molecule has 0 saturated heterocycles. The van der Waals surface area contributed by atoms with Crippen LogP contribution in [0.25, 0.3) is 6.08 Å². The van der Waals surface area contributed by atoms with E-state index in [4.69, 9.17) is 14.2 Å². The standard InChI is InChI=1S/C25H30O7/c1-30-20-6-2-4-18(14-20)5-3-13-31-21-15-22(27)25(29)23(16-21)32-24(28)12-9-17-7-10-19(26)11-8-17/h2,4,6-12,14,21-23,25-27,29H,3,5,13,15-16H2,1H3/b12-9+/t21-,22-,23+,25+/m0/s1. The third-order valence-electron chi connectivity index (χ3n) is 5.44. The normalized spacial score (nSPS) is 23.2. The molecule has 0 unspecified atom stereocenters. The summed E-state index contributed by atoms with van der Waals surface area (Å²) < 4.78 is 16.5. The van der Waals surface area contributed by atoms with Gasteiger partial charge in [0.1, 0.15) is 23.7 Å². The number of rotatable bonds is 9. The molecule has 4 atom stereocenters. The Kier molecular flexibility index (Phi) is 8.67. The van der Waals surface area contributed by atoms with E-state index in [0.717, 1.165) is 29.7 Å². The van der Waals surface area contributed by atoms with Crippen molar-refractivity contribution in [2.24, 2.45) is 0 Å². The summed E-state index contributed by atoms with van der Waals surface area (Å²) in [6.45, 7) is 0.492. The molecule has 2 aromatic carbocycles. The van der Waals surface area contributed by atoms with Gasteiger partial charge >= 0.3 is 5.97 Å². The highest BCUT2D eigenvalue weighted by molar-refractivity contribution is 5.87. The molecule has 0 bridgehead atoms. The van der Waals surface area contributed by atoms with Crippen molar-refractivity contribution in [3.05, 3.63) is 65.7 Å². The van der Waals surface area contributed by atoms with Crippen LogP contribution in [0.2, 0.25) is 0 Å². The Morgan fingerprint density at radius 1 is 1.12 bits per heavy atom. The maximum Gasteiger partial charge on any atom is 0.331 e. The second-order valence-corrected chi connectivity index (χ2v) is 7.88. The lowest BCUT2D eigenvalue weighted by molar-refractivity contribution is -0.170. The van der Waals surface area contributed by atoms with E-state index < -0.39 is 24.3 Å². The molecule has 0 spiro atoms. The van der Waals surface area contributed by atoms with E-state index in [0.29, 0.717) is 13.0 Å². The molecule has 1 saturated carbocycles. The van der Waals surface area contributed by atoms with Gasteiger partial charge in [0, 0.05) is 25.5 Å². The highest BCUT2D eigenvalue weighted by Crippen LogP contribution is 2.25. The van der Waals surface area contributed by atoms with Crippen LogP contribution in [-0.2, 0) is 20.7 Å². The first-order chi connectivity index (χ1) is 15.4. The van der Waals surface area contributed by atoms with Crippen LogP contribution in [0.3, 0.4) is 0 Å². The molecular weight excluding hydrogens is 412 g/mol. The number of methoxy groups -OCH3 is 1. The number of hydrogen-bond donors (Lipinski definition) is 3. The Morgan fingerprint density at radius 2 is 1.91 bits per heavy atom. The SMILES string of the molecule is COc1cccc(CCCO[C@H]2C[C@H](O)[C@@H](O)[C@H](OC(=O)/C=C/c3ccc(O)cc3)C2)c1. The van der Waals surface area contributed by atoms with Gasteiger partial charge in [-0.15, -0.1) is 0 Å². The minimum Gasteiger partial charge on any atom is -0.508 e. The highest BCUT2D eigenvalue weighted by atomic mass is 16.6. The molecule has 172 valence electrons. The van der Waals surface area contributed by atoms with Crippen molar-refractivity contribution in [2.75, 3.05) is 13.7 Å². The lowest BCUT2D eigenvalue weighted by Gasteiger charge is -2.36. The number of aliphatic hydroxyl groups is 2. The molecule has 32 heavy (non-hydrogen) atoms. The Bertz CT molecular complexity index is 893. The van der Waals surface area contributed by atoms with Crippen molar-refractivity contribution in [3.63, 3.8) is 0 Å². The number of carbonyl (C=O) groups is 1. The predicted molar refractivity (Wildman–Crippen MR) is 119 cm³/mol. The molecule has 7 heteroatoms. The number of phenolic OH excluding ortho intramolecular Hbond substituents is 1. The van der Waals surface area contributed by atoms with Crippen LogP contribution in [0.15, 0.2) is 54.6 Å². The van der Waals surface area contributed by atoms with Crippen molar-refractivity contribution < 1.29 is 34.3 Å². The van der Waals surface area contributed by atoms with Gasteiger partial charge in [0.25, 0.3) is 0 Å². The highest BCUT2D eigenvalue weighted by Gasteiger charge is 2.38. The van der Waals surface area contributed by atoms with Crippen LogP contribution >= 0.6 is 0 Å². The summed E-state index contributed by atoms with van der Waals surface area (Å²) in [6, 6.07) is 14.2. The molecule has 1 aliphatic rings. The fourth-order valence-electron chi connectivity index (χ4n) is 3.70. The van der Waals surface area contributed by atoms with E-state index in [1.54, 1.807) is 25.3 Å². The Hall–Kier alpha value is -2.87. The van der Waals surface area contributed by atoms with Gasteiger partial charge in [-0.2, -0.15) is 0 Å². The molecule has 0 aliphatic heterocycles. The summed E-state index contributed by atoms with van der Waals surface area (Å²) in [7, 11) is 1.64. The van der Waals surface area contributed by atoms with Crippen molar-refractivity contribution in [1.29, 1.82) is 0 Å². The molecule has 3 N–H and O–H groups in total. The van der Waals surface area contributed by atoms with Gasteiger partial charge in [0.05, 0.1) is 19.3 Å². The molecule has 1 fully saturated rings. The summed E-state index contributed by atoms with van der Waals surface area (Å²) in [5.41, 5.74) is 1.88. The lowest BCUT2D eigenvalue weighted by atomic mass is 9.89. The summed E-state index contributed by atoms with van der Waals surface area (Å²) in [4.78, 5) is 12.2. The second kappa shape index (κ2) is 11.7. The summed E-state index contributed by atoms with van der Waals surface area (Å²) in [5, 5.41) is 29.7. The fourth-order valence-corrected chi connectivity index (χ4v) is 3.70. The summed E-state index contributed by atoms with van der Waals surface area (Å²) in [5.74, 6) is 0.337. The average molecular weight is 443 g/mol. The molecule has 2 aromatic rings. The van der Waals surface area contributed by atoms with Gasteiger partial charge in [0.2, 0.25) is 0 Å². The molecule has 0 amide bonds. The average Bonchev–Trinajstić information content (AvgIpc) is 2.79. The minimum absolute atomic E-state index is 0.138. The van der Waals surface area contributed by atoms with Crippen molar-refractivity contribution in [3.8, 4) is 11.5 Å². The smallest absolute Gasteiger partial charge is 0.331 e. The number of aryl methyl sites for hydroxylation is 1. The number of phenols is 1. The number of hydrogen-bond acceptors (Lipinski definition) is 7. The third-order valence-corrected chi connectivity index (χ3v) is 5.44. The zero-order chi connectivity index (χ0) is 22.9. The molecule has 0 radical (unpaired) electrons. The fraction of sp³-hybridized carbons (Fsp3) is 0.400. The zero-order valence-corrected chi connectivity index (χ0v) is 18.1. The van der Waals surface area contributed by atoms with Crippen LogP contribution in [0.4, 0.5) is 0 Å². The maximum atomic E-state index is 12.2. The Morgan fingerprint density at radius 3 is 2.66 bits per heavy atom. The van der Waals surface area contributed by atoms with Gasteiger partial charge in [-0.3, -0.25) is 0 Å². The number of carbonyl (C=O) groups excluding carboxylic acids is 1. The molecular formula is C25H30O7. The summed E-state index contributed by atoms with van der Waals surface area (Å²) in [6.07, 6.45) is 1.70. The van der Waals surface area contributed by atoms with E-state index in [1.807, 2.05) is 24.3 Å². The van der Waals surface area contributed by atoms with Gasteiger partial charge in [-0.1, -0.05) is 24.3 Å². The van der Waals surface area contributed by atoms with Crippen LogP contribution in [0.1, 0.15) is 30.4 Å². The molecule has 0 aromatic heterocycles. The van der Waals surface area contributed by atoms with E-state index in [9.17, 15) is 20.1 Å². The number of aliphatic hydroxyl groups excluding tert-OH is 2. The first-order valence-corrected chi connectivity index (χ1v) is 10.7. The summed E-state index contributed by atoms with van der Waals surface area (Å²) >= 11 is 0. The third kappa shape index (κ3) is 7.09. The van der Waals surface area contributed by atoms with E-state index in [2.05, 4.69) is 0 Å². The first kappa shape index (κ1) is 23.8. The number of aromatic hydroxyl groups is 1. The van der Waals surface area contributed by atoms with Gasteiger partial charge < -0.3 is 29.5 Å². The van der Waals surface area contributed by atoms with E-state index in [-0.39, 0.29) is 18.3 Å². The van der Waals surface area contributed by atoms with Crippen molar-refractivity contribution in [1.82, 2.24) is 0 Å². The van der Waals surface area contributed by atoms with Crippen LogP contribution in [-0.4, -0.2) is 59.4 Å². The van der Waals surface area contributed by atoms with Gasteiger partial charge in [-0.25, -0.2) is 4.79 Å². The predicted octanol–water partition coefficient (Wildman–Crippen LogP) is 2.86. The largest absolute Gasteiger partial charge is 0.508 e. The second-order valence-electron chi connectivity index (χ2n) is 7.88. The van der Waals surface area contributed by atoms with Gasteiger partial charge in [-0.05, 0) is 54.3 Å². The van der Waals surface area contributed by atoms with E-state index in [1.165, 1.54) is 18.2 Å². The van der Waals surface area contributed by atoms with Crippen LogP contribution in [0.5, 0.6) is 11.5 Å². The van der Waals surface area contributed by atoms with Crippen molar-refractivity contribution >= 4 is 12.0 Å². The quantitative estimate of drug-likeness (QED) is 0.312. The number of esters is 1. The van der Waals surface area contributed by atoms with Gasteiger partial charge in [0.15, 0.2) is 0 Å². The van der Waals surface area contributed by atoms with Crippen LogP contribution in [0, 0.1) is 0 Å².